The number of methoxy groups -OCH3 is 1. The molecule has 132 valence electrons. The number of ether oxygens (including phenoxy) is 1. The molecule has 0 aliphatic heterocycles. The first kappa shape index (κ1) is 16.6. The van der Waals surface area contributed by atoms with Crippen LogP contribution in [-0.4, -0.2) is 18.0 Å². The number of carbonyl (C=O) groups is 1. The lowest BCUT2D eigenvalue weighted by Gasteiger charge is -2.02. The molecule has 0 spiro atoms. The molecule has 8 heteroatoms. The van der Waals surface area contributed by atoms with Gasteiger partial charge in [-0.3, -0.25) is 10.1 Å². The Labute approximate surface area is 150 Å². The first-order valence-electron chi connectivity index (χ1n) is 7.63. The van der Waals surface area contributed by atoms with Crippen molar-refractivity contribution in [3.8, 4) is 0 Å². The van der Waals surface area contributed by atoms with Crippen molar-refractivity contribution in [2.45, 2.75) is 6.61 Å². The average Bonchev–Trinajstić information content (AvgIpc) is 3.17. The number of aromatic nitrogens is 1. The number of rotatable bonds is 4. The number of carbonyl (C=O) groups excluding carboxylic acids is 1. The van der Waals surface area contributed by atoms with Gasteiger partial charge in [0, 0.05) is 24.1 Å². The summed E-state index contributed by atoms with van der Waals surface area (Å²) in [6.45, 7) is 0.204. The quantitative estimate of drug-likeness (QED) is 0.561. The molecule has 1 amide bonds. The van der Waals surface area contributed by atoms with Gasteiger partial charge in [0.2, 0.25) is 0 Å². The molecule has 0 atom stereocenters. The van der Waals surface area contributed by atoms with Crippen LogP contribution < -0.4 is 5.32 Å². The summed E-state index contributed by atoms with van der Waals surface area (Å²) in [5, 5.41) is 3.63. The first-order chi connectivity index (χ1) is 12.6. The van der Waals surface area contributed by atoms with Gasteiger partial charge >= 0.3 is 0 Å². The molecule has 2 heterocycles. The van der Waals surface area contributed by atoms with Gasteiger partial charge in [-0.25, -0.2) is 13.8 Å². The molecular formula is C18H12F2N2O3S. The van der Waals surface area contributed by atoms with E-state index in [0.29, 0.717) is 15.8 Å². The lowest BCUT2D eigenvalue weighted by Crippen LogP contribution is -2.13. The lowest BCUT2D eigenvalue weighted by molar-refractivity contribution is 0.0992. The smallest absolute Gasteiger partial charge is 0.293 e. The molecule has 5 nitrogen and oxygen atoms in total. The second-order valence-electron chi connectivity index (χ2n) is 5.55. The molecule has 1 N–H and O–H groups in total. The number of hydrogen-bond donors (Lipinski definition) is 1. The highest BCUT2D eigenvalue weighted by atomic mass is 32.1. The van der Waals surface area contributed by atoms with Crippen LogP contribution in [0.1, 0.15) is 16.1 Å². The number of furan rings is 1. The molecule has 0 bridgehead atoms. The van der Waals surface area contributed by atoms with Crippen LogP contribution in [0.4, 0.5) is 13.9 Å². The van der Waals surface area contributed by atoms with Crippen LogP contribution >= 0.6 is 11.3 Å². The number of benzene rings is 2. The topological polar surface area (TPSA) is 64.4 Å². The summed E-state index contributed by atoms with van der Waals surface area (Å²) >= 11 is 1.05. The summed E-state index contributed by atoms with van der Waals surface area (Å²) in [6.07, 6.45) is 0. The Morgan fingerprint density at radius 1 is 1.27 bits per heavy atom. The molecule has 2 aromatic carbocycles. The normalized spacial score (nSPS) is 11.3. The van der Waals surface area contributed by atoms with E-state index in [0.717, 1.165) is 28.9 Å². The fraction of sp³-hybridized carbons (Fsp3) is 0.111. The largest absolute Gasteiger partial charge is 0.451 e. The molecule has 0 unspecified atom stereocenters. The van der Waals surface area contributed by atoms with Gasteiger partial charge in [0.05, 0.1) is 16.8 Å². The van der Waals surface area contributed by atoms with Crippen LogP contribution in [-0.2, 0) is 11.3 Å². The predicted molar refractivity (Wildman–Crippen MR) is 94.4 cm³/mol. The van der Waals surface area contributed by atoms with Gasteiger partial charge in [0.15, 0.2) is 22.5 Å². The number of nitrogens with zero attached hydrogens (tertiary/aromatic N) is 1. The fourth-order valence-electron chi connectivity index (χ4n) is 2.70. The molecule has 26 heavy (non-hydrogen) atoms. The molecular weight excluding hydrogens is 362 g/mol. The zero-order valence-electron chi connectivity index (χ0n) is 13.5. The average molecular weight is 374 g/mol. The molecule has 2 aromatic heterocycles. The minimum Gasteiger partial charge on any atom is -0.451 e. The Hall–Kier alpha value is -2.84. The minimum atomic E-state index is -0.986. The molecule has 4 aromatic rings. The third-order valence-electron chi connectivity index (χ3n) is 3.84. The summed E-state index contributed by atoms with van der Waals surface area (Å²) in [5.41, 5.74) is 1.46. The van der Waals surface area contributed by atoms with Gasteiger partial charge in [-0.2, -0.15) is 0 Å². The monoisotopic (exact) mass is 374 g/mol. The van der Waals surface area contributed by atoms with E-state index < -0.39 is 17.5 Å². The zero-order valence-corrected chi connectivity index (χ0v) is 14.3. The van der Waals surface area contributed by atoms with Crippen LogP contribution in [0, 0.1) is 11.6 Å². The number of thiazole rings is 1. The SMILES string of the molecule is COCc1c(C(=O)Nc2nc3cc(F)c(F)cc3s2)oc2ccccc12. The molecule has 0 saturated heterocycles. The van der Waals surface area contributed by atoms with Gasteiger partial charge < -0.3 is 9.15 Å². The molecule has 0 saturated carbocycles. The number of amides is 1. The van der Waals surface area contributed by atoms with Gasteiger partial charge in [-0.15, -0.1) is 0 Å². The van der Waals surface area contributed by atoms with Crippen LogP contribution in [0.15, 0.2) is 40.8 Å². The van der Waals surface area contributed by atoms with Crippen molar-refractivity contribution in [3.63, 3.8) is 0 Å². The van der Waals surface area contributed by atoms with E-state index in [4.69, 9.17) is 9.15 Å². The number of halogens is 2. The third kappa shape index (κ3) is 2.83. The predicted octanol–water partition coefficient (Wildman–Crippen LogP) is 4.72. The Morgan fingerprint density at radius 3 is 2.85 bits per heavy atom. The highest BCUT2D eigenvalue weighted by Crippen LogP contribution is 2.30. The number of anilines is 1. The minimum absolute atomic E-state index is 0.115. The summed E-state index contributed by atoms with van der Waals surface area (Å²) in [5.74, 6) is -2.34. The van der Waals surface area contributed by atoms with Crippen molar-refractivity contribution in [2.24, 2.45) is 0 Å². The number of para-hydroxylation sites is 1. The van der Waals surface area contributed by atoms with Gasteiger partial charge in [-0.05, 0) is 12.1 Å². The van der Waals surface area contributed by atoms with Crippen LogP contribution in [0.5, 0.6) is 0 Å². The van der Waals surface area contributed by atoms with Gasteiger partial charge in [-0.1, -0.05) is 29.5 Å². The highest BCUT2D eigenvalue weighted by Gasteiger charge is 2.21. The Balaban J connectivity index is 1.70. The molecule has 0 aliphatic rings. The summed E-state index contributed by atoms with van der Waals surface area (Å²) in [7, 11) is 1.53. The van der Waals surface area contributed by atoms with Crippen molar-refractivity contribution in [2.75, 3.05) is 12.4 Å². The number of fused-ring (bicyclic) bond motifs is 2. The standard InChI is InChI=1S/C18H12F2N2O3S/c1-24-8-10-9-4-2-3-5-14(9)25-16(10)17(23)22-18-21-13-6-11(19)12(20)7-15(13)26-18/h2-7H,8H2,1H3,(H,21,22,23). The molecule has 0 radical (unpaired) electrons. The van der Waals surface area contributed by atoms with Crippen molar-refractivity contribution in [1.29, 1.82) is 0 Å². The maximum absolute atomic E-state index is 13.3. The Bertz CT molecular complexity index is 1100. The van der Waals surface area contributed by atoms with Crippen molar-refractivity contribution < 1.29 is 22.7 Å². The van der Waals surface area contributed by atoms with E-state index in [9.17, 15) is 13.6 Å². The third-order valence-corrected chi connectivity index (χ3v) is 4.78. The summed E-state index contributed by atoms with van der Waals surface area (Å²) in [6, 6.07) is 9.29. The molecule has 4 rings (SSSR count). The number of nitrogens with one attached hydrogen (secondary N) is 1. The van der Waals surface area contributed by atoms with Crippen LogP contribution in [0.2, 0.25) is 0 Å². The highest BCUT2D eigenvalue weighted by molar-refractivity contribution is 7.22. The van der Waals surface area contributed by atoms with Crippen molar-refractivity contribution in [3.05, 3.63) is 59.4 Å². The second-order valence-corrected chi connectivity index (χ2v) is 6.58. The van der Waals surface area contributed by atoms with Gasteiger partial charge in [0.25, 0.3) is 5.91 Å². The second kappa shape index (κ2) is 6.47. The Kier molecular flexibility index (Phi) is 4.14. The fourth-order valence-corrected chi connectivity index (χ4v) is 3.57. The van der Waals surface area contributed by atoms with Crippen LogP contribution in [0.3, 0.4) is 0 Å². The maximum atomic E-state index is 13.3. The van der Waals surface area contributed by atoms with E-state index in [1.807, 2.05) is 12.1 Å². The molecule has 0 aliphatic carbocycles. The summed E-state index contributed by atoms with van der Waals surface area (Å²) in [4.78, 5) is 16.8. The Morgan fingerprint density at radius 2 is 2.04 bits per heavy atom. The van der Waals surface area contributed by atoms with Crippen molar-refractivity contribution >= 4 is 43.6 Å². The lowest BCUT2D eigenvalue weighted by atomic mass is 10.1. The maximum Gasteiger partial charge on any atom is 0.293 e. The first-order valence-corrected chi connectivity index (χ1v) is 8.44. The van der Waals surface area contributed by atoms with E-state index in [1.165, 1.54) is 7.11 Å². The van der Waals surface area contributed by atoms with E-state index in [2.05, 4.69) is 10.3 Å². The van der Waals surface area contributed by atoms with Gasteiger partial charge in [0.1, 0.15) is 5.58 Å². The van der Waals surface area contributed by atoms with E-state index >= 15 is 0 Å². The van der Waals surface area contributed by atoms with Crippen LogP contribution in [0.25, 0.3) is 21.2 Å². The summed E-state index contributed by atoms with van der Waals surface area (Å²) < 4.78 is 37.9. The molecule has 0 fully saturated rings. The number of hydrogen-bond acceptors (Lipinski definition) is 5. The van der Waals surface area contributed by atoms with E-state index in [1.54, 1.807) is 12.1 Å². The zero-order chi connectivity index (χ0) is 18.3. The van der Waals surface area contributed by atoms with Crippen molar-refractivity contribution in [1.82, 2.24) is 4.98 Å². The van der Waals surface area contributed by atoms with E-state index in [-0.39, 0.29) is 23.0 Å².